The molecule has 0 aliphatic rings. The summed E-state index contributed by atoms with van der Waals surface area (Å²) >= 11 is 0. The van der Waals surface area contributed by atoms with Gasteiger partial charge >= 0.3 is 15.2 Å². The Kier molecular flexibility index (Phi) is 2.86. The summed E-state index contributed by atoms with van der Waals surface area (Å²) < 4.78 is 23.0. The van der Waals surface area contributed by atoms with Crippen molar-refractivity contribution in [3.05, 3.63) is 18.3 Å². The molecule has 18 heavy (non-hydrogen) atoms. The van der Waals surface area contributed by atoms with Gasteiger partial charge in [-0.15, -0.1) is 0 Å². The van der Waals surface area contributed by atoms with Gasteiger partial charge in [-0.25, -0.2) is 4.98 Å². The molecule has 0 atom stereocenters. The molecule has 0 unspecified atom stereocenters. The van der Waals surface area contributed by atoms with Crippen LogP contribution in [-0.2, 0) is 9.13 Å². The average molecular weight is 294 g/mol. The molecule has 2 aromatic heterocycles. The Bertz CT molecular complexity index is 712. The third-order valence-corrected chi connectivity index (χ3v) is 4.07. The Balaban J connectivity index is 3.00. The van der Waals surface area contributed by atoms with Gasteiger partial charge in [0.25, 0.3) is 0 Å². The Morgan fingerprint density at radius 1 is 1.06 bits per heavy atom. The van der Waals surface area contributed by atoms with Crippen LogP contribution in [0.2, 0.25) is 0 Å². The molecule has 9 nitrogen and oxygen atoms in total. The van der Waals surface area contributed by atoms with E-state index in [4.69, 9.17) is 19.6 Å². The van der Waals surface area contributed by atoms with E-state index < -0.39 is 31.8 Å². The van der Waals surface area contributed by atoms with Crippen LogP contribution in [0.25, 0.3) is 5.65 Å². The highest BCUT2D eigenvalue weighted by Gasteiger charge is 2.31. The van der Waals surface area contributed by atoms with Crippen LogP contribution in [0.4, 0.5) is 0 Å². The molecule has 0 amide bonds. The largest absolute Gasteiger partial charge is 0.505 e. The molecule has 0 saturated heterocycles. The number of nitrogens with zero attached hydrogens (tertiary/aromatic N) is 2. The molecule has 2 rings (SSSR count). The maximum absolute atomic E-state index is 11.3. The molecule has 0 aromatic carbocycles. The lowest BCUT2D eigenvalue weighted by molar-refractivity contribution is 0.382. The summed E-state index contributed by atoms with van der Waals surface area (Å²) in [4.78, 5) is 40.0. The van der Waals surface area contributed by atoms with Crippen LogP contribution < -0.4 is 10.9 Å². The molecule has 11 heteroatoms. The molecule has 0 aliphatic carbocycles. The predicted octanol–water partition coefficient (Wildman–Crippen LogP) is -1.35. The average Bonchev–Trinajstić information content (AvgIpc) is 2.57. The van der Waals surface area contributed by atoms with E-state index in [-0.39, 0.29) is 5.65 Å². The van der Waals surface area contributed by atoms with E-state index in [2.05, 4.69) is 4.98 Å². The Morgan fingerprint density at radius 3 is 2.17 bits per heavy atom. The molecule has 0 aliphatic heterocycles. The van der Waals surface area contributed by atoms with Gasteiger partial charge in [0.1, 0.15) is 11.4 Å². The van der Waals surface area contributed by atoms with Crippen molar-refractivity contribution in [1.82, 2.24) is 9.38 Å². The van der Waals surface area contributed by atoms with Crippen LogP contribution in [0, 0.1) is 0 Å². The standard InChI is InChI=1S/C7H8N2O7P2/c10-4-1-2-5-8-3-6(17(11,12)13)9(5)7(4)18(14,15)16/h1-3,10H,(H2,11,12,13)(H2,14,15,16). The Morgan fingerprint density at radius 2 is 1.67 bits per heavy atom. The zero-order chi connectivity index (χ0) is 13.7. The first kappa shape index (κ1) is 13.2. The first-order valence-corrected chi connectivity index (χ1v) is 7.66. The lowest BCUT2D eigenvalue weighted by Gasteiger charge is -2.12. The topological polar surface area (TPSA) is 153 Å². The van der Waals surface area contributed by atoms with Crippen LogP contribution in [0.5, 0.6) is 5.75 Å². The van der Waals surface area contributed by atoms with Gasteiger partial charge in [-0.05, 0) is 12.1 Å². The van der Waals surface area contributed by atoms with Crippen molar-refractivity contribution in [3.8, 4) is 5.75 Å². The van der Waals surface area contributed by atoms with Gasteiger partial charge in [0.2, 0.25) is 0 Å². The van der Waals surface area contributed by atoms with Crippen molar-refractivity contribution in [2.75, 3.05) is 0 Å². The number of aromatic nitrogens is 2. The van der Waals surface area contributed by atoms with Crippen molar-refractivity contribution in [1.29, 1.82) is 0 Å². The van der Waals surface area contributed by atoms with Gasteiger partial charge < -0.3 is 24.7 Å². The van der Waals surface area contributed by atoms with Crippen LogP contribution >= 0.6 is 15.2 Å². The maximum Gasteiger partial charge on any atom is 0.376 e. The summed E-state index contributed by atoms with van der Waals surface area (Å²) in [6.07, 6.45) is 0.800. The Hall–Kier alpha value is -1.21. The number of hydrogen-bond donors (Lipinski definition) is 5. The molecular formula is C7H8N2O7P2. The molecule has 0 bridgehead atoms. The van der Waals surface area contributed by atoms with E-state index in [1.54, 1.807) is 0 Å². The van der Waals surface area contributed by atoms with Crippen LogP contribution in [-0.4, -0.2) is 34.1 Å². The fourth-order valence-corrected chi connectivity index (χ4v) is 3.11. The van der Waals surface area contributed by atoms with E-state index in [1.807, 2.05) is 0 Å². The van der Waals surface area contributed by atoms with E-state index in [0.717, 1.165) is 12.3 Å². The SMILES string of the molecule is O=P(O)(O)c1cnc2ccc(O)c(P(=O)(O)O)n12. The highest BCUT2D eigenvalue weighted by atomic mass is 31.2. The number of pyridine rings is 1. The van der Waals surface area contributed by atoms with Gasteiger partial charge in [0.15, 0.2) is 10.9 Å². The van der Waals surface area contributed by atoms with E-state index >= 15 is 0 Å². The fraction of sp³-hybridized carbons (Fsp3) is 0. The number of hydrogen-bond acceptors (Lipinski definition) is 4. The van der Waals surface area contributed by atoms with Gasteiger partial charge in [0, 0.05) is 0 Å². The molecule has 2 heterocycles. The van der Waals surface area contributed by atoms with E-state index in [9.17, 15) is 14.2 Å². The quantitative estimate of drug-likeness (QED) is 0.426. The van der Waals surface area contributed by atoms with Crippen LogP contribution in [0.1, 0.15) is 0 Å². The zero-order valence-electron chi connectivity index (χ0n) is 8.57. The van der Waals surface area contributed by atoms with Crippen molar-refractivity contribution in [2.24, 2.45) is 0 Å². The maximum atomic E-state index is 11.3. The highest BCUT2D eigenvalue weighted by molar-refractivity contribution is 7.61. The van der Waals surface area contributed by atoms with Gasteiger partial charge in [-0.2, -0.15) is 0 Å². The summed E-state index contributed by atoms with van der Waals surface area (Å²) in [5, 5.41) is 9.46. The lowest BCUT2D eigenvalue weighted by Crippen LogP contribution is -2.24. The monoisotopic (exact) mass is 294 g/mol. The fourth-order valence-electron chi connectivity index (χ4n) is 1.52. The minimum atomic E-state index is -4.93. The van der Waals surface area contributed by atoms with Crippen LogP contribution in [0.3, 0.4) is 0 Å². The first-order valence-electron chi connectivity index (χ1n) is 4.44. The molecule has 0 saturated carbocycles. The highest BCUT2D eigenvalue weighted by Crippen LogP contribution is 2.39. The van der Waals surface area contributed by atoms with Gasteiger partial charge in [0.05, 0.1) is 6.20 Å². The van der Waals surface area contributed by atoms with Crippen LogP contribution in [0.15, 0.2) is 18.3 Å². The molecule has 0 radical (unpaired) electrons. The summed E-state index contributed by atoms with van der Waals surface area (Å²) in [6, 6.07) is 2.16. The second kappa shape index (κ2) is 3.89. The molecule has 2 aromatic rings. The zero-order valence-corrected chi connectivity index (χ0v) is 10.4. The molecule has 5 N–H and O–H groups in total. The smallest absolute Gasteiger partial charge is 0.376 e. The number of fused-ring (bicyclic) bond motifs is 1. The first-order chi connectivity index (χ1) is 8.12. The van der Waals surface area contributed by atoms with Crippen molar-refractivity contribution < 1.29 is 33.8 Å². The molecule has 0 spiro atoms. The molecule has 98 valence electrons. The minimum Gasteiger partial charge on any atom is -0.505 e. The minimum absolute atomic E-state index is 0.0931. The molecular weight excluding hydrogens is 286 g/mol. The second-order valence-electron chi connectivity index (χ2n) is 3.44. The predicted molar refractivity (Wildman–Crippen MR) is 60.2 cm³/mol. The summed E-state index contributed by atoms with van der Waals surface area (Å²) in [6.45, 7) is 0. The Labute approximate surface area is 99.7 Å². The van der Waals surface area contributed by atoms with E-state index in [1.165, 1.54) is 6.07 Å². The summed E-state index contributed by atoms with van der Waals surface area (Å²) in [5.41, 5.74) is -1.70. The van der Waals surface area contributed by atoms with Crippen molar-refractivity contribution >= 4 is 31.7 Å². The number of rotatable bonds is 2. The number of imidazole rings is 1. The third kappa shape index (κ3) is 2.08. The summed E-state index contributed by atoms with van der Waals surface area (Å²) in [5.74, 6) is -0.775. The number of aromatic hydroxyl groups is 1. The van der Waals surface area contributed by atoms with Gasteiger partial charge in [-0.3, -0.25) is 13.5 Å². The van der Waals surface area contributed by atoms with Crippen molar-refractivity contribution in [3.63, 3.8) is 0 Å². The normalized spacial score (nSPS) is 13.1. The van der Waals surface area contributed by atoms with Crippen molar-refractivity contribution in [2.45, 2.75) is 0 Å². The molecule has 0 fully saturated rings. The second-order valence-corrected chi connectivity index (χ2v) is 6.50. The van der Waals surface area contributed by atoms with E-state index in [0.29, 0.717) is 4.40 Å². The van der Waals surface area contributed by atoms with Gasteiger partial charge in [-0.1, -0.05) is 0 Å². The summed E-state index contributed by atoms with van der Waals surface area (Å²) in [7, 11) is -9.72. The third-order valence-electron chi connectivity index (χ3n) is 2.18. The lowest BCUT2D eigenvalue weighted by atomic mass is 10.4.